The van der Waals surface area contributed by atoms with Crippen molar-refractivity contribution in [3.63, 3.8) is 0 Å². The molecule has 21 heavy (non-hydrogen) atoms. The molecule has 1 aromatic rings. The standard InChI is InChI=1S/C15H24N2O4/c1-16(12-15(19)5-9-21-10-6-15)14(18)13-4-3-7-17(13)8-11-20-2/h3-4,7,19H,5-6,8-12H2,1-2H3. The summed E-state index contributed by atoms with van der Waals surface area (Å²) in [6.07, 6.45) is 2.99. The lowest BCUT2D eigenvalue weighted by Gasteiger charge is -2.35. The fourth-order valence-corrected chi connectivity index (χ4v) is 2.61. The Morgan fingerprint density at radius 3 is 2.90 bits per heavy atom. The van der Waals surface area contributed by atoms with Gasteiger partial charge >= 0.3 is 0 Å². The lowest BCUT2D eigenvalue weighted by atomic mass is 9.94. The van der Waals surface area contributed by atoms with Gasteiger partial charge in [-0.15, -0.1) is 0 Å². The van der Waals surface area contributed by atoms with Crippen molar-refractivity contribution in [2.75, 3.05) is 40.5 Å². The molecule has 0 atom stereocenters. The van der Waals surface area contributed by atoms with Gasteiger partial charge in [-0.3, -0.25) is 4.79 Å². The molecule has 0 saturated carbocycles. The molecule has 0 spiro atoms. The molecule has 1 amide bonds. The maximum atomic E-state index is 12.5. The van der Waals surface area contributed by atoms with Gasteiger partial charge in [0.25, 0.3) is 5.91 Å². The first-order valence-corrected chi connectivity index (χ1v) is 7.25. The molecular weight excluding hydrogens is 272 g/mol. The second-order valence-corrected chi connectivity index (χ2v) is 5.58. The Morgan fingerprint density at radius 1 is 1.52 bits per heavy atom. The fraction of sp³-hybridized carbons (Fsp3) is 0.667. The molecule has 1 N–H and O–H groups in total. The van der Waals surface area contributed by atoms with Gasteiger partial charge < -0.3 is 24.0 Å². The average molecular weight is 296 g/mol. The predicted octanol–water partition coefficient (Wildman–Crippen LogP) is 0.748. The number of aromatic nitrogens is 1. The fourth-order valence-electron chi connectivity index (χ4n) is 2.61. The highest BCUT2D eigenvalue weighted by atomic mass is 16.5. The van der Waals surface area contributed by atoms with Gasteiger partial charge in [-0.25, -0.2) is 0 Å². The van der Waals surface area contributed by atoms with E-state index in [9.17, 15) is 9.90 Å². The van der Waals surface area contributed by atoms with Crippen molar-refractivity contribution in [1.29, 1.82) is 0 Å². The minimum atomic E-state index is -0.841. The lowest BCUT2D eigenvalue weighted by molar-refractivity contribution is -0.0735. The number of hydrogen-bond donors (Lipinski definition) is 1. The first-order valence-electron chi connectivity index (χ1n) is 7.25. The highest BCUT2D eigenvalue weighted by Gasteiger charge is 2.32. The molecule has 1 fully saturated rings. The third-order valence-corrected chi connectivity index (χ3v) is 3.89. The van der Waals surface area contributed by atoms with E-state index >= 15 is 0 Å². The van der Waals surface area contributed by atoms with Crippen LogP contribution in [0.1, 0.15) is 23.3 Å². The Bertz CT molecular complexity index is 466. The number of amides is 1. The first kappa shape index (κ1) is 16.0. The normalized spacial score (nSPS) is 17.7. The Kier molecular flexibility index (Phi) is 5.39. The van der Waals surface area contributed by atoms with Crippen LogP contribution in [-0.4, -0.2) is 66.6 Å². The number of ether oxygens (including phenoxy) is 2. The van der Waals surface area contributed by atoms with Crippen molar-refractivity contribution in [2.45, 2.75) is 25.0 Å². The van der Waals surface area contributed by atoms with E-state index in [1.807, 2.05) is 16.8 Å². The molecule has 2 rings (SSSR count). The summed E-state index contributed by atoms with van der Waals surface area (Å²) in [5.41, 5.74) is -0.225. The van der Waals surface area contributed by atoms with Crippen molar-refractivity contribution in [3.8, 4) is 0 Å². The summed E-state index contributed by atoms with van der Waals surface area (Å²) in [5, 5.41) is 10.5. The quantitative estimate of drug-likeness (QED) is 0.841. The molecular formula is C15H24N2O4. The molecule has 1 saturated heterocycles. The minimum absolute atomic E-state index is 0.0870. The summed E-state index contributed by atoms with van der Waals surface area (Å²) >= 11 is 0. The summed E-state index contributed by atoms with van der Waals surface area (Å²) < 4.78 is 12.2. The van der Waals surface area contributed by atoms with Gasteiger partial charge in [0.2, 0.25) is 0 Å². The summed E-state index contributed by atoms with van der Waals surface area (Å²) in [6.45, 7) is 2.60. The van der Waals surface area contributed by atoms with Gasteiger partial charge in [-0.1, -0.05) is 0 Å². The first-order chi connectivity index (χ1) is 10.1. The molecule has 0 aliphatic carbocycles. The second-order valence-electron chi connectivity index (χ2n) is 5.58. The lowest BCUT2D eigenvalue weighted by Crippen LogP contribution is -2.47. The van der Waals surface area contributed by atoms with E-state index in [4.69, 9.17) is 9.47 Å². The number of nitrogens with zero attached hydrogens (tertiary/aromatic N) is 2. The largest absolute Gasteiger partial charge is 0.388 e. The summed E-state index contributed by atoms with van der Waals surface area (Å²) in [4.78, 5) is 14.1. The second kappa shape index (κ2) is 7.06. The molecule has 6 heteroatoms. The van der Waals surface area contributed by atoms with Gasteiger partial charge in [0.1, 0.15) is 5.69 Å². The van der Waals surface area contributed by atoms with Crippen molar-refractivity contribution >= 4 is 5.91 Å². The van der Waals surface area contributed by atoms with Crippen molar-refractivity contribution in [3.05, 3.63) is 24.0 Å². The average Bonchev–Trinajstić information content (AvgIpc) is 2.92. The molecule has 2 heterocycles. The summed E-state index contributed by atoms with van der Waals surface area (Å²) in [5.74, 6) is -0.0870. The topological polar surface area (TPSA) is 63.9 Å². The van der Waals surface area contributed by atoms with Crippen LogP contribution in [0.5, 0.6) is 0 Å². The van der Waals surface area contributed by atoms with Gasteiger partial charge in [-0.05, 0) is 12.1 Å². The number of methoxy groups -OCH3 is 1. The number of likely N-dealkylation sites (N-methyl/N-ethyl adjacent to an activating group) is 1. The van der Waals surface area contributed by atoms with E-state index in [-0.39, 0.29) is 5.91 Å². The van der Waals surface area contributed by atoms with Crippen LogP contribution in [0.4, 0.5) is 0 Å². The molecule has 118 valence electrons. The van der Waals surface area contributed by atoms with E-state index in [1.165, 1.54) is 0 Å². The zero-order valence-corrected chi connectivity index (χ0v) is 12.7. The maximum absolute atomic E-state index is 12.5. The van der Waals surface area contributed by atoms with Gasteiger partial charge in [0, 0.05) is 59.5 Å². The molecule has 6 nitrogen and oxygen atoms in total. The van der Waals surface area contributed by atoms with Crippen LogP contribution in [0, 0.1) is 0 Å². The van der Waals surface area contributed by atoms with E-state index in [0.29, 0.717) is 51.4 Å². The minimum Gasteiger partial charge on any atom is -0.388 e. The molecule has 1 aromatic heterocycles. The number of hydrogen-bond acceptors (Lipinski definition) is 4. The van der Waals surface area contributed by atoms with Crippen LogP contribution in [0.15, 0.2) is 18.3 Å². The molecule has 1 aliphatic heterocycles. The number of carbonyl (C=O) groups excluding carboxylic acids is 1. The molecule has 0 bridgehead atoms. The maximum Gasteiger partial charge on any atom is 0.270 e. The monoisotopic (exact) mass is 296 g/mol. The van der Waals surface area contributed by atoms with Gasteiger partial charge in [0.15, 0.2) is 0 Å². The summed E-state index contributed by atoms with van der Waals surface area (Å²) in [6, 6.07) is 3.64. The highest BCUT2D eigenvalue weighted by Crippen LogP contribution is 2.22. The Morgan fingerprint density at radius 2 is 2.24 bits per heavy atom. The van der Waals surface area contributed by atoms with E-state index in [1.54, 1.807) is 25.1 Å². The van der Waals surface area contributed by atoms with E-state index < -0.39 is 5.60 Å². The van der Waals surface area contributed by atoms with Gasteiger partial charge in [0.05, 0.1) is 12.2 Å². The number of aliphatic hydroxyl groups is 1. The molecule has 0 aromatic carbocycles. The number of carbonyl (C=O) groups is 1. The highest BCUT2D eigenvalue weighted by molar-refractivity contribution is 5.92. The molecule has 0 unspecified atom stereocenters. The Labute approximate surface area is 125 Å². The van der Waals surface area contributed by atoms with Crippen molar-refractivity contribution in [1.82, 2.24) is 9.47 Å². The third kappa shape index (κ3) is 4.06. The number of rotatable bonds is 6. The predicted molar refractivity (Wildman–Crippen MR) is 78.3 cm³/mol. The van der Waals surface area contributed by atoms with Gasteiger partial charge in [-0.2, -0.15) is 0 Å². The third-order valence-electron chi connectivity index (χ3n) is 3.89. The van der Waals surface area contributed by atoms with Crippen molar-refractivity contribution in [2.24, 2.45) is 0 Å². The smallest absolute Gasteiger partial charge is 0.270 e. The zero-order valence-electron chi connectivity index (χ0n) is 12.7. The van der Waals surface area contributed by atoms with Crippen LogP contribution in [0.2, 0.25) is 0 Å². The van der Waals surface area contributed by atoms with Crippen LogP contribution in [0.3, 0.4) is 0 Å². The summed E-state index contributed by atoms with van der Waals surface area (Å²) in [7, 11) is 3.36. The van der Waals surface area contributed by atoms with Crippen molar-refractivity contribution < 1.29 is 19.4 Å². The van der Waals surface area contributed by atoms with Crippen LogP contribution in [0.25, 0.3) is 0 Å². The van der Waals surface area contributed by atoms with Crippen LogP contribution in [-0.2, 0) is 16.0 Å². The van der Waals surface area contributed by atoms with Crippen LogP contribution < -0.4 is 0 Å². The Balaban J connectivity index is 2.00. The Hall–Kier alpha value is -1.37. The van der Waals surface area contributed by atoms with E-state index in [2.05, 4.69) is 0 Å². The van der Waals surface area contributed by atoms with E-state index in [0.717, 1.165) is 0 Å². The van der Waals surface area contributed by atoms with Crippen LogP contribution >= 0.6 is 0 Å². The zero-order chi connectivity index (χ0) is 15.3. The SMILES string of the molecule is COCCn1cccc1C(=O)N(C)CC1(O)CCOCC1. The molecule has 1 aliphatic rings. The molecule has 0 radical (unpaired) electrons.